The maximum Gasteiger partial charge on any atom is 0.176 e. The summed E-state index contributed by atoms with van der Waals surface area (Å²) in [5, 5.41) is 0. The van der Waals surface area contributed by atoms with E-state index >= 15 is 0 Å². The summed E-state index contributed by atoms with van der Waals surface area (Å²) >= 11 is 0. The molecule has 0 bridgehead atoms. The second-order valence-corrected chi connectivity index (χ2v) is 4.55. The van der Waals surface area contributed by atoms with E-state index in [1.165, 1.54) is 11.0 Å². The lowest BCUT2D eigenvalue weighted by Crippen LogP contribution is -2.30. The number of benzene rings is 1. The topological polar surface area (TPSA) is 38.9 Å². The summed E-state index contributed by atoms with van der Waals surface area (Å²) in [6.45, 7) is 5.06. The first-order valence-electron chi connectivity index (χ1n) is 6.58. The van der Waals surface area contributed by atoms with Gasteiger partial charge in [0.15, 0.2) is 6.71 Å². The average molecular weight is 238 g/mol. The van der Waals surface area contributed by atoms with Crippen molar-refractivity contribution in [2.24, 2.45) is 0 Å². The molecule has 0 saturated heterocycles. The van der Waals surface area contributed by atoms with Gasteiger partial charge in [-0.3, -0.25) is 0 Å². The van der Waals surface area contributed by atoms with Crippen molar-refractivity contribution in [1.29, 1.82) is 0 Å². The van der Waals surface area contributed by atoms with Crippen molar-refractivity contribution in [3.63, 3.8) is 0 Å². The molecule has 3 heteroatoms. The van der Waals surface area contributed by atoms with Gasteiger partial charge in [0.1, 0.15) is 5.82 Å². The highest BCUT2D eigenvalue weighted by atomic mass is 14.8. The van der Waals surface area contributed by atoms with Gasteiger partial charge >= 0.3 is 0 Å². The summed E-state index contributed by atoms with van der Waals surface area (Å²) in [4.78, 5) is 4.43. The van der Waals surface area contributed by atoms with Gasteiger partial charge in [-0.15, -0.1) is 0 Å². The van der Waals surface area contributed by atoms with Crippen molar-refractivity contribution in [3.05, 3.63) is 42.5 Å². The van der Waals surface area contributed by atoms with E-state index in [9.17, 15) is 0 Å². The van der Waals surface area contributed by atoms with Gasteiger partial charge in [-0.05, 0) is 17.7 Å². The predicted octanol–water partition coefficient (Wildman–Crippen LogP) is 3.07. The minimum atomic E-state index is 0.576. The number of nitrogens with zero attached hydrogens (tertiary/aromatic N) is 1. The van der Waals surface area contributed by atoms with E-state index in [0.717, 1.165) is 18.3 Å². The maximum atomic E-state index is 5.78. The molecule has 0 amide bonds. The molecule has 92 valence electrons. The van der Waals surface area contributed by atoms with Gasteiger partial charge in [-0.25, -0.2) is 4.98 Å². The molecule has 0 aliphatic carbocycles. The summed E-state index contributed by atoms with van der Waals surface area (Å²) in [5.41, 5.74) is 9.33. The van der Waals surface area contributed by atoms with E-state index in [-0.39, 0.29) is 0 Å². The molecule has 2 aromatic rings. The Kier molecular flexibility index (Phi) is 4.03. The first-order valence-corrected chi connectivity index (χ1v) is 6.58. The quantitative estimate of drug-likeness (QED) is 0.831. The highest BCUT2D eigenvalue weighted by molar-refractivity contribution is 6.74. The van der Waals surface area contributed by atoms with E-state index in [1.54, 1.807) is 0 Å². The van der Waals surface area contributed by atoms with E-state index in [4.69, 9.17) is 5.73 Å². The Bertz CT molecular complexity index is 521. The molecule has 1 aromatic heterocycles. The lowest BCUT2D eigenvalue weighted by atomic mass is 9.40. The van der Waals surface area contributed by atoms with Crippen LogP contribution in [0.3, 0.4) is 0 Å². The number of nitrogens with two attached hydrogens (primary N) is 1. The Morgan fingerprint density at radius 1 is 1.00 bits per heavy atom. The summed E-state index contributed by atoms with van der Waals surface area (Å²) in [6, 6.07) is 14.3. The van der Waals surface area contributed by atoms with Crippen LogP contribution in [0.15, 0.2) is 42.5 Å². The molecular formula is C15H19BN2. The normalized spacial score (nSPS) is 10.3. The lowest BCUT2D eigenvalue weighted by molar-refractivity contribution is 1.31. The van der Waals surface area contributed by atoms with Crippen LogP contribution in [0.4, 0.5) is 5.82 Å². The number of hydrogen-bond acceptors (Lipinski definition) is 2. The fourth-order valence-corrected chi connectivity index (χ4v) is 2.42. The van der Waals surface area contributed by atoms with Crippen molar-refractivity contribution in [1.82, 2.24) is 4.98 Å². The third kappa shape index (κ3) is 2.56. The van der Waals surface area contributed by atoms with Crippen LogP contribution in [0.5, 0.6) is 0 Å². The van der Waals surface area contributed by atoms with Crippen LogP contribution in [0.25, 0.3) is 11.3 Å². The lowest BCUT2D eigenvalue weighted by Gasteiger charge is -2.14. The van der Waals surface area contributed by atoms with Gasteiger partial charge < -0.3 is 5.73 Å². The van der Waals surface area contributed by atoms with Gasteiger partial charge in [-0.1, -0.05) is 62.3 Å². The second-order valence-electron chi connectivity index (χ2n) is 4.55. The Hall–Kier alpha value is -1.77. The predicted molar refractivity (Wildman–Crippen MR) is 80.4 cm³/mol. The molecule has 1 aromatic carbocycles. The zero-order chi connectivity index (χ0) is 13.0. The van der Waals surface area contributed by atoms with Gasteiger partial charge in [-0.2, -0.15) is 0 Å². The summed E-state index contributed by atoms with van der Waals surface area (Å²) < 4.78 is 0. The second kappa shape index (κ2) is 5.72. The molecule has 0 aliphatic rings. The van der Waals surface area contributed by atoms with Gasteiger partial charge in [0.2, 0.25) is 0 Å². The van der Waals surface area contributed by atoms with Crippen LogP contribution in [0, 0.1) is 0 Å². The molecule has 0 saturated carbocycles. The number of rotatable bonds is 4. The van der Waals surface area contributed by atoms with Crippen molar-refractivity contribution in [2.75, 3.05) is 5.73 Å². The van der Waals surface area contributed by atoms with Crippen LogP contribution in [-0.2, 0) is 0 Å². The van der Waals surface area contributed by atoms with E-state index in [1.807, 2.05) is 18.2 Å². The smallest absolute Gasteiger partial charge is 0.176 e. The molecule has 0 aliphatic heterocycles. The molecule has 0 atom stereocenters. The van der Waals surface area contributed by atoms with Gasteiger partial charge in [0.05, 0.1) is 5.69 Å². The first-order chi connectivity index (χ1) is 8.76. The number of nitrogen functional groups attached to an aromatic ring is 1. The highest BCUT2D eigenvalue weighted by Gasteiger charge is 2.16. The standard InChI is InChI=1S/C15H19BN2/c1-3-16(4-2)13-9-6-5-8-12(13)14-10-7-11-15(17)18-14/h5-11H,3-4H2,1-2H3,(H2,17,18). The van der Waals surface area contributed by atoms with Crippen molar-refractivity contribution in [2.45, 2.75) is 26.5 Å². The van der Waals surface area contributed by atoms with Crippen LogP contribution < -0.4 is 11.2 Å². The van der Waals surface area contributed by atoms with Crippen LogP contribution >= 0.6 is 0 Å². The monoisotopic (exact) mass is 238 g/mol. The van der Waals surface area contributed by atoms with E-state index < -0.39 is 0 Å². The number of hydrogen-bond donors (Lipinski definition) is 1. The van der Waals surface area contributed by atoms with Crippen LogP contribution in [0.1, 0.15) is 13.8 Å². The van der Waals surface area contributed by atoms with E-state index in [0.29, 0.717) is 12.5 Å². The van der Waals surface area contributed by atoms with Crippen molar-refractivity contribution < 1.29 is 0 Å². The molecule has 2 rings (SSSR count). The molecule has 0 unspecified atom stereocenters. The third-order valence-corrected chi connectivity index (χ3v) is 3.43. The van der Waals surface area contributed by atoms with Crippen LogP contribution in [-0.4, -0.2) is 11.7 Å². The number of pyridine rings is 1. The molecular weight excluding hydrogens is 219 g/mol. The fraction of sp³-hybridized carbons (Fsp3) is 0.267. The minimum absolute atomic E-state index is 0.576. The highest BCUT2D eigenvalue weighted by Crippen LogP contribution is 2.18. The Morgan fingerprint density at radius 3 is 2.39 bits per heavy atom. The molecule has 0 fully saturated rings. The zero-order valence-corrected chi connectivity index (χ0v) is 11.1. The summed E-state index contributed by atoms with van der Waals surface area (Å²) in [7, 11) is 0. The molecule has 0 radical (unpaired) electrons. The van der Waals surface area contributed by atoms with Crippen molar-refractivity contribution in [3.8, 4) is 11.3 Å². The molecule has 18 heavy (non-hydrogen) atoms. The minimum Gasteiger partial charge on any atom is -0.384 e. The molecule has 2 N–H and O–H groups in total. The molecule has 0 spiro atoms. The first kappa shape index (κ1) is 12.7. The Morgan fingerprint density at radius 2 is 1.72 bits per heavy atom. The van der Waals surface area contributed by atoms with E-state index in [2.05, 4.69) is 43.1 Å². The number of aromatic nitrogens is 1. The average Bonchev–Trinajstić information content (AvgIpc) is 2.41. The zero-order valence-electron chi connectivity index (χ0n) is 11.1. The van der Waals surface area contributed by atoms with Crippen molar-refractivity contribution >= 4 is 18.0 Å². The third-order valence-electron chi connectivity index (χ3n) is 3.43. The fourth-order valence-electron chi connectivity index (χ4n) is 2.42. The SMILES string of the molecule is CCB(CC)c1ccccc1-c1cccc(N)n1. The Labute approximate surface area is 109 Å². The van der Waals surface area contributed by atoms with Crippen LogP contribution in [0.2, 0.25) is 12.6 Å². The molecule has 2 nitrogen and oxygen atoms in total. The largest absolute Gasteiger partial charge is 0.384 e. The van der Waals surface area contributed by atoms with Gasteiger partial charge in [0, 0.05) is 0 Å². The Balaban J connectivity index is 2.51. The maximum absolute atomic E-state index is 5.78. The number of anilines is 1. The molecule has 1 heterocycles. The van der Waals surface area contributed by atoms with Gasteiger partial charge in [0.25, 0.3) is 0 Å². The summed E-state index contributed by atoms with van der Waals surface area (Å²) in [5.74, 6) is 0.576. The summed E-state index contributed by atoms with van der Waals surface area (Å²) in [6.07, 6.45) is 2.30.